The lowest BCUT2D eigenvalue weighted by Gasteiger charge is -2.08. The van der Waals surface area contributed by atoms with Gasteiger partial charge in [-0.15, -0.1) is 0 Å². The summed E-state index contributed by atoms with van der Waals surface area (Å²) in [6.07, 6.45) is 0. The first-order valence-corrected chi connectivity index (χ1v) is 9.58. The number of aryl methyl sites for hydroxylation is 1. The van der Waals surface area contributed by atoms with Crippen LogP contribution in [-0.2, 0) is 6.54 Å². The molecule has 3 rings (SSSR count). The van der Waals surface area contributed by atoms with Crippen molar-refractivity contribution in [2.75, 3.05) is 12.4 Å². The fraction of sp³-hybridized carbons (Fsp3) is 0.158. The lowest BCUT2D eigenvalue weighted by molar-refractivity contribution is 0.0954. The highest BCUT2D eigenvalue weighted by Gasteiger charge is 2.16. The summed E-state index contributed by atoms with van der Waals surface area (Å²) in [5.41, 5.74) is 2.52. The van der Waals surface area contributed by atoms with E-state index in [0.29, 0.717) is 22.2 Å². The number of carbonyl (C=O) groups is 1. The predicted molar refractivity (Wildman–Crippen MR) is 108 cm³/mol. The van der Waals surface area contributed by atoms with E-state index in [1.54, 1.807) is 7.11 Å². The van der Waals surface area contributed by atoms with Gasteiger partial charge in [0.25, 0.3) is 5.91 Å². The van der Waals surface area contributed by atoms with E-state index in [-0.39, 0.29) is 5.91 Å². The standard InChI is InChI=1S/C19H18BrN3O2S/c1-12-17(18(24)21-11-13-7-3-4-8-14(13)20)26-19(22-12)23-15-9-5-6-10-16(15)25-2/h3-10H,11H2,1-2H3,(H,21,24)(H,22,23). The van der Waals surface area contributed by atoms with Gasteiger partial charge in [-0.3, -0.25) is 4.79 Å². The minimum absolute atomic E-state index is 0.135. The number of hydrogen-bond acceptors (Lipinski definition) is 5. The van der Waals surface area contributed by atoms with Gasteiger partial charge >= 0.3 is 0 Å². The van der Waals surface area contributed by atoms with Crippen LogP contribution in [0.25, 0.3) is 0 Å². The molecule has 134 valence electrons. The van der Waals surface area contributed by atoms with Crippen LogP contribution >= 0.6 is 27.3 Å². The second-order valence-electron chi connectivity index (χ2n) is 5.53. The molecule has 1 amide bonds. The molecule has 7 heteroatoms. The quantitative estimate of drug-likeness (QED) is 0.582. The second-order valence-corrected chi connectivity index (χ2v) is 7.39. The summed E-state index contributed by atoms with van der Waals surface area (Å²) >= 11 is 4.81. The molecule has 0 unspecified atom stereocenters. The first-order valence-electron chi connectivity index (χ1n) is 7.97. The highest BCUT2D eigenvalue weighted by molar-refractivity contribution is 9.10. The van der Waals surface area contributed by atoms with E-state index >= 15 is 0 Å². The molecule has 2 aromatic carbocycles. The maximum atomic E-state index is 12.5. The van der Waals surface area contributed by atoms with Gasteiger partial charge in [-0.1, -0.05) is 57.6 Å². The number of nitrogens with zero attached hydrogens (tertiary/aromatic N) is 1. The fourth-order valence-corrected chi connectivity index (χ4v) is 3.74. The zero-order valence-electron chi connectivity index (χ0n) is 14.4. The van der Waals surface area contributed by atoms with E-state index in [2.05, 4.69) is 31.5 Å². The summed E-state index contributed by atoms with van der Waals surface area (Å²) < 4.78 is 6.30. The predicted octanol–water partition coefficient (Wildman–Crippen LogP) is 4.90. The minimum Gasteiger partial charge on any atom is -0.495 e. The van der Waals surface area contributed by atoms with E-state index in [9.17, 15) is 4.79 Å². The van der Waals surface area contributed by atoms with Crippen LogP contribution < -0.4 is 15.4 Å². The lowest BCUT2D eigenvalue weighted by Crippen LogP contribution is -2.22. The molecule has 0 radical (unpaired) electrons. The molecule has 5 nitrogen and oxygen atoms in total. The highest BCUT2D eigenvalue weighted by Crippen LogP contribution is 2.30. The molecule has 0 bridgehead atoms. The van der Waals surface area contributed by atoms with Crippen LogP contribution in [0.4, 0.5) is 10.8 Å². The van der Waals surface area contributed by atoms with E-state index in [1.165, 1.54) is 11.3 Å². The number of rotatable bonds is 6. The van der Waals surface area contributed by atoms with Crippen LogP contribution in [0.2, 0.25) is 0 Å². The number of carbonyl (C=O) groups excluding carboxylic acids is 1. The summed E-state index contributed by atoms with van der Waals surface area (Å²) in [4.78, 5) is 17.6. The van der Waals surface area contributed by atoms with Gasteiger partial charge < -0.3 is 15.4 Å². The molecule has 0 aliphatic carbocycles. The maximum absolute atomic E-state index is 12.5. The number of ether oxygens (including phenoxy) is 1. The topological polar surface area (TPSA) is 63.2 Å². The molecule has 1 heterocycles. The van der Waals surface area contributed by atoms with Crippen LogP contribution in [0.3, 0.4) is 0 Å². The van der Waals surface area contributed by atoms with Crippen LogP contribution in [-0.4, -0.2) is 18.0 Å². The van der Waals surface area contributed by atoms with Crippen LogP contribution in [0, 0.1) is 6.92 Å². The van der Waals surface area contributed by atoms with Gasteiger partial charge in [0.05, 0.1) is 18.5 Å². The number of nitrogens with one attached hydrogen (secondary N) is 2. The van der Waals surface area contributed by atoms with Crippen molar-refractivity contribution >= 4 is 44.0 Å². The van der Waals surface area contributed by atoms with E-state index in [0.717, 1.165) is 21.5 Å². The van der Waals surface area contributed by atoms with Crippen molar-refractivity contribution in [3.63, 3.8) is 0 Å². The Kier molecular flexibility index (Phi) is 5.90. The normalized spacial score (nSPS) is 10.4. The Bertz CT molecular complexity index is 927. The van der Waals surface area contributed by atoms with Crippen molar-refractivity contribution in [1.82, 2.24) is 10.3 Å². The molecule has 1 aromatic heterocycles. The number of hydrogen-bond donors (Lipinski definition) is 2. The number of para-hydroxylation sites is 2. The number of anilines is 2. The van der Waals surface area contributed by atoms with Crippen molar-refractivity contribution in [1.29, 1.82) is 0 Å². The van der Waals surface area contributed by atoms with Crippen molar-refractivity contribution < 1.29 is 9.53 Å². The molecular formula is C19H18BrN3O2S. The Morgan fingerprint density at radius 1 is 1.19 bits per heavy atom. The molecule has 0 spiro atoms. The lowest BCUT2D eigenvalue weighted by atomic mass is 10.2. The summed E-state index contributed by atoms with van der Waals surface area (Å²) in [5, 5.41) is 6.81. The zero-order chi connectivity index (χ0) is 18.5. The van der Waals surface area contributed by atoms with Crippen molar-refractivity contribution in [3.8, 4) is 5.75 Å². The Labute approximate surface area is 164 Å². The van der Waals surface area contributed by atoms with Gasteiger partial charge in [0.1, 0.15) is 10.6 Å². The Morgan fingerprint density at radius 2 is 1.92 bits per heavy atom. The molecule has 0 saturated carbocycles. The summed E-state index contributed by atoms with van der Waals surface area (Å²) in [7, 11) is 1.62. The molecule has 2 N–H and O–H groups in total. The van der Waals surface area contributed by atoms with Gasteiger partial charge in [0.15, 0.2) is 5.13 Å². The second kappa shape index (κ2) is 8.33. The number of halogens is 1. The Hall–Kier alpha value is -2.38. The van der Waals surface area contributed by atoms with Gasteiger partial charge in [0.2, 0.25) is 0 Å². The van der Waals surface area contributed by atoms with E-state index < -0.39 is 0 Å². The van der Waals surface area contributed by atoms with Crippen LogP contribution in [0.15, 0.2) is 53.0 Å². The third-order valence-corrected chi connectivity index (χ3v) is 5.59. The first kappa shape index (κ1) is 18.4. The molecule has 0 saturated heterocycles. The van der Waals surface area contributed by atoms with Crippen molar-refractivity contribution in [2.45, 2.75) is 13.5 Å². The van der Waals surface area contributed by atoms with Gasteiger partial charge in [-0.2, -0.15) is 0 Å². The van der Waals surface area contributed by atoms with Crippen LogP contribution in [0.5, 0.6) is 5.75 Å². The van der Waals surface area contributed by atoms with Crippen molar-refractivity contribution in [2.24, 2.45) is 0 Å². The first-order chi connectivity index (χ1) is 12.6. The average molecular weight is 432 g/mol. The average Bonchev–Trinajstić information content (AvgIpc) is 3.01. The molecule has 0 fully saturated rings. The minimum atomic E-state index is -0.135. The number of methoxy groups -OCH3 is 1. The molecule has 0 aliphatic rings. The number of thiazole rings is 1. The molecular weight excluding hydrogens is 414 g/mol. The largest absolute Gasteiger partial charge is 0.495 e. The maximum Gasteiger partial charge on any atom is 0.263 e. The third-order valence-electron chi connectivity index (χ3n) is 3.75. The van der Waals surface area contributed by atoms with Gasteiger partial charge in [0, 0.05) is 11.0 Å². The summed E-state index contributed by atoms with van der Waals surface area (Å²) in [5.74, 6) is 0.587. The summed E-state index contributed by atoms with van der Waals surface area (Å²) in [6.45, 7) is 2.28. The van der Waals surface area contributed by atoms with E-state index in [4.69, 9.17) is 4.74 Å². The smallest absolute Gasteiger partial charge is 0.263 e. The molecule has 0 atom stereocenters. The number of benzene rings is 2. The molecule has 0 aliphatic heterocycles. The van der Waals surface area contributed by atoms with Gasteiger partial charge in [-0.05, 0) is 30.7 Å². The number of amides is 1. The number of aromatic nitrogens is 1. The van der Waals surface area contributed by atoms with Gasteiger partial charge in [-0.25, -0.2) is 4.98 Å². The monoisotopic (exact) mass is 431 g/mol. The SMILES string of the molecule is COc1ccccc1Nc1nc(C)c(C(=O)NCc2ccccc2Br)s1. The third kappa shape index (κ3) is 4.23. The molecule has 26 heavy (non-hydrogen) atoms. The van der Waals surface area contributed by atoms with Crippen molar-refractivity contribution in [3.05, 3.63) is 69.1 Å². The molecule has 3 aromatic rings. The Morgan fingerprint density at radius 3 is 2.69 bits per heavy atom. The summed E-state index contributed by atoms with van der Waals surface area (Å²) in [6, 6.07) is 15.4. The fourth-order valence-electron chi connectivity index (χ4n) is 2.42. The highest BCUT2D eigenvalue weighted by atomic mass is 79.9. The van der Waals surface area contributed by atoms with E-state index in [1.807, 2.05) is 55.5 Å². The van der Waals surface area contributed by atoms with Crippen LogP contribution in [0.1, 0.15) is 20.9 Å². The zero-order valence-corrected chi connectivity index (χ0v) is 16.8. The Balaban J connectivity index is 1.71.